The van der Waals surface area contributed by atoms with Crippen LogP contribution in [0.15, 0.2) is 89.9 Å². The second-order valence-electron chi connectivity index (χ2n) is 9.45. The number of thiol groups is 1. The molecule has 0 saturated heterocycles. The lowest BCUT2D eigenvalue weighted by molar-refractivity contribution is -0.164. The van der Waals surface area contributed by atoms with E-state index in [0.29, 0.717) is 22.4 Å². The number of benzene rings is 3. The molecule has 10 nitrogen and oxygen atoms in total. The Labute approximate surface area is 243 Å². The van der Waals surface area contributed by atoms with Gasteiger partial charge in [0.05, 0.1) is 17.4 Å². The second kappa shape index (κ2) is 12.5. The number of ketones is 1. The molecule has 212 valence electrons. The number of hydrogen-bond acceptors (Lipinski definition) is 8. The zero-order valence-corrected chi connectivity index (χ0v) is 23.5. The molecule has 41 heavy (non-hydrogen) atoms. The van der Waals surface area contributed by atoms with Crippen LogP contribution < -0.4 is 16.0 Å². The van der Waals surface area contributed by atoms with E-state index in [0.717, 1.165) is 9.80 Å². The minimum atomic E-state index is -2.46. The highest BCUT2D eigenvalue weighted by Crippen LogP contribution is 2.35. The predicted octanol–water partition coefficient (Wildman–Crippen LogP) is 2.07. The first kappa shape index (κ1) is 29.7. The molecule has 3 aromatic carbocycles. The molecular formula is C30H31N5O5S. The fraction of sp³-hybridized carbons (Fsp3) is 0.233. The van der Waals surface area contributed by atoms with E-state index in [1.165, 1.54) is 14.0 Å². The molecule has 2 amide bonds. The van der Waals surface area contributed by atoms with Gasteiger partial charge in [0.15, 0.2) is 11.8 Å². The average molecular weight is 574 g/mol. The monoisotopic (exact) mass is 573 g/mol. The first-order chi connectivity index (χ1) is 19.7. The van der Waals surface area contributed by atoms with Crippen LogP contribution in [0.4, 0.5) is 5.69 Å². The first-order valence-corrected chi connectivity index (χ1v) is 13.5. The van der Waals surface area contributed by atoms with Crippen LogP contribution in [-0.4, -0.2) is 70.0 Å². The third-order valence-corrected chi connectivity index (χ3v) is 7.31. The van der Waals surface area contributed by atoms with Crippen LogP contribution in [0.1, 0.15) is 23.6 Å². The molecule has 0 radical (unpaired) electrons. The Hall–Kier alpha value is -4.32. The molecule has 1 heterocycles. The highest BCUT2D eigenvalue weighted by Gasteiger charge is 2.56. The molecule has 0 aromatic heterocycles. The molecule has 1 aliphatic rings. The molecule has 3 unspecified atom stereocenters. The molecule has 11 heteroatoms. The Morgan fingerprint density at radius 3 is 2.20 bits per heavy atom. The Balaban J connectivity index is 2.04. The molecule has 0 aliphatic carbocycles. The topological polar surface area (TPSA) is 145 Å². The fourth-order valence-electron chi connectivity index (χ4n) is 4.91. The number of carboxylic acids is 1. The van der Waals surface area contributed by atoms with Crippen molar-refractivity contribution < 1.29 is 24.3 Å². The first-order valence-electron chi connectivity index (χ1n) is 12.9. The van der Waals surface area contributed by atoms with Gasteiger partial charge < -0.3 is 10.8 Å². The van der Waals surface area contributed by atoms with Gasteiger partial charge in [-0.25, -0.2) is 4.79 Å². The number of anilines is 1. The highest BCUT2D eigenvalue weighted by molar-refractivity contribution is 7.80. The standard InChI is InChI=1S/C30H31N5O5S/c1-19(36)34(17-20-11-5-3-6-12-20)30(32-2,29(39)40)35-24-16-10-9-15-22(24)25(21-13-7-4-8-14-21)33-26(28(35)38)27(37)23(31)18-41/h3-16,23,26,32,41H,17-18,31H2,1-2H3,(H,39,40). The van der Waals surface area contributed by atoms with Crippen molar-refractivity contribution in [2.24, 2.45) is 10.7 Å². The van der Waals surface area contributed by atoms with Crippen molar-refractivity contribution in [1.82, 2.24) is 10.2 Å². The third kappa shape index (κ3) is 5.51. The van der Waals surface area contributed by atoms with Crippen molar-refractivity contribution >= 4 is 47.6 Å². The van der Waals surface area contributed by atoms with Gasteiger partial charge in [-0.3, -0.25) is 34.5 Å². The number of carboxylic acid groups (broad SMARTS) is 1. The molecule has 0 bridgehead atoms. The largest absolute Gasteiger partial charge is 0.477 e. The number of benzodiazepines with no additional fused rings is 1. The summed E-state index contributed by atoms with van der Waals surface area (Å²) in [4.78, 5) is 61.3. The van der Waals surface area contributed by atoms with Crippen LogP contribution in [0.3, 0.4) is 0 Å². The molecule has 3 atom stereocenters. The van der Waals surface area contributed by atoms with Gasteiger partial charge in [-0.05, 0) is 18.7 Å². The lowest BCUT2D eigenvalue weighted by atomic mass is 9.99. The van der Waals surface area contributed by atoms with Gasteiger partial charge in [0, 0.05) is 30.3 Å². The van der Waals surface area contributed by atoms with E-state index >= 15 is 0 Å². The van der Waals surface area contributed by atoms with E-state index in [2.05, 4.69) is 22.9 Å². The van der Waals surface area contributed by atoms with Crippen molar-refractivity contribution in [3.63, 3.8) is 0 Å². The summed E-state index contributed by atoms with van der Waals surface area (Å²) >= 11 is 4.14. The highest BCUT2D eigenvalue weighted by atomic mass is 32.1. The van der Waals surface area contributed by atoms with E-state index in [1.54, 1.807) is 78.9 Å². The zero-order chi connectivity index (χ0) is 29.7. The van der Waals surface area contributed by atoms with E-state index in [9.17, 15) is 24.3 Å². The second-order valence-corrected chi connectivity index (χ2v) is 9.81. The number of nitrogens with zero attached hydrogens (tertiary/aromatic N) is 3. The summed E-state index contributed by atoms with van der Waals surface area (Å²) in [6.45, 7) is 1.06. The van der Waals surface area contributed by atoms with Crippen LogP contribution in [0.5, 0.6) is 0 Å². The van der Waals surface area contributed by atoms with Crippen LogP contribution in [0.2, 0.25) is 0 Å². The number of aliphatic carboxylic acids is 1. The number of fused-ring (bicyclic) bond motifs is 1. The van der Waals surface area contributed by atoms with E-state index in [1.807, 2.05) is 6.07 Å². The van der Waals surface area contributed by atoms with Crippen molar-refractivity contribution in [1.29, 1.82) is 0 Å². The summed E-state index contributed by atoms with van der Waals surface area (Å²) in [5.74, 6) is -6.37. The Morgan fingerprint density at radius 1 is 1.05 bits per heavy atom. The van der Waals surface area contributed by atoms with Gasteiger partial charge >= 0.3 is 5.97 Å². The normalized spacial score (nSPS) is 17.0. The third-order valence-electron chi connectivity index (χ3n) is 6.92. The Morgan fingerprint density at radius 2 is 1.63 bits per heavy atom. The number of amides is 2. The minimum Gasteiger partial charge on any atom is -0.477 e. The number of Topliss-reactive ketones (excluding diaryl/α,β-unsaturated/α-hetero) is 1. The van der Waals surface area contributed by atoms with Crippen molar-refractivity contribution in [2.45, 2.75) is 31.3 Å². The maximum Gasteiger partial charge on any atom is 0.367 e. The summed E-state index contributed by atoms with van der Waals surface area (Å²) in [7, 11) is 1.34. The summed E-state index contributed by atoms with van der Waals surface area (Å²) in [5.41, 5.74) is 8.12. The number of carbonyl (C=O) groups is 4. The quantitative estimate of drug-likeness (QED) is 0.165. The van der Waals surface area contributed by atoms with Gasteiger partial charge in [-0.1, -0.05) is 78.9 Å². The molecule has 4 N–H and O–H groups in total. The average Bonchev–Trinajstić information content (AvgIpc) is 3.11. The van der Waals surface area contributed by atoms with Crippen molar-refractivity contribution in [2.75, 3.05) is 17.7 Å². The smallest absolute Gasteiger partial charge is 0.367 e. The number of carbonyl (C=O) groups excluding carboxylic acids is 3. The van der Waals surface area contributed by atoms with E-state index in [4.69, 9.17) is 5.73 Å². The van der Waals surface area contributed by atoms with Gasteiger partial charge in [-0.15, -0.1) is 0 Å². The minimum absolute atomic E-state index is 0.0601. The molecular weight excluding hydrogens is 542 g/mol. The summed E-state index contributed by atoms with van der Waals surface area (Å²) < 4.78 is 0. The maximum absolute atomic E-state index is 14.5. The van der Waals surface area contributed by atoms with Crippen LogP contribution in [-0.2, 0) is 25.7 Å². The van der Waals surface area contributed by atoms with Crippen LogP contribution in [0, 0.1) is 0 Å². The van der Waals surface area contributed by atoms with Gasteiger partial charge in [0.1, 0.15) is 0 Å². The number of rotatable bonds is 10. The Kier molecular flexibility index (Phi) is 9.01. The lowest BCUT2D eigenvalue weighted by Crippen LogP contribution is -2.76. The zero-order valence-electron chi connectivity index (χ0n) is 22.6. The molecule has 0 saturated carbocycles. The predicted molar refractivity (Wildman–Crippen MR) is 159 cm³/mol. The SMILES string of the molecule is CNC(C(=O)O)(N(Cc1ccccc1)C(C)=O)N1C(=O)C(C(=O)C(N)CS)N=C(c2ccccc2)c2ccccc21. The number of likely N-dealkylation sites (N-methyl/N-ethyl adjacent to an activating group) is 1. The summed E-state index contributed by atoms with van der Waals surface area (Å²) in [6, 6.07) is 21.5. The fourth-order valence-corrected chi connectivity index (χ4v) is 5.09. The van der Waals surface area contributed by atoms with Crippen LogP contribution in [0.25, 0.3) is 0 Å². The maximum atomic E-state index is 14.5. The van der Waals surface area contributed by atoms with Gasteiger partial charge in [-0.2, -0.15) is 12.6 Å². The van der Waals surface area contributed by atoms with E-state index in [-0.39, 0.29) is 18.0 Å². The van der Waals surface area contributed by atoms with Gasteiger partial charge in [0.25, 0.3) is 11.7 Å². The van der Waals surface area contributed by atoms with Gasteiger partial charge in [0.2, 0.25) is 5.91 Å². The number of nitrogens with two attached hydrogens (primary N) is 1. The number of hydrogen-bond donors (Lipinski definition) is 4. The Bertz CT molecular complexity index is 1480. The number of para-hydroxylation sites is 1. The molecule has 4 rings (SSSR count). The van der Waals surface area contributed by atoms with E-state index < -0.39 is 41.4 Å². The van der Waals surface area contributed by atoms with Crippen molar-refractivity contribution in [3.8, 4) is 0 Å². The molecule has 0 fully saturated rings. The van der Waals surface area contributed by atoms with Crippen LogP contribution >= 0.6 is 12.6 Å². The summed E-state index contributed by atoms with van der Waals surface area (Å²) in [5, 5.41) is 13.6. The lowest BCUT2D eigenvalue weighted by Gasteiger charge is -2.47. The summed E-state index contributed by atoms with van der Waals surface area (Å²) in [6.07, 6.45) is 0. The van der Waals surface area contributed by atoms with Crippen molar-refractivity contribution in [3.05, 3.63) is 102 Å². The number of aliphatic imine (C=N–C) groups is 1. The molecule has 1 aliphatic heterocycles. The molecule has 0 spiro atoms. The number of nitrogens with one attached hydrogen (secondary N) is 1. The molecule has 3 aromatic rings.